The van der Waals surface area contributed by atoms with Gasteiger partial charge in [-0.25, -0.2) is 0 Å². The molecular weight excluding hydrogens is 316 g/mol. The van der Waals surface area contributed by atoms with Crippen molar-refractivity contribution in [3.05, 3.63) is 9.93 Å². The van der Waals surface area contributed by atoms with Crippen LogP contribution >= 0.6 is 23.5 Å². The molecule has 0 aromatic carbocycles. The molecule has 122 valence electrons. The molecule has 22 heavy (non-hydrogen) atoms. The molecule has 6 heteroatoms. The fourth-order valence-electron chi connectivity index (χ4n) is 3.61. The topological polar surface area (TPSA) is 63.4 Å². The van der Waals surface area contributed by atoms with E-state index >= 15 is 0 Å². The summed E-state index contributed by atoms with van der Waals surface area (Å²) in [6.07, 6.45) is 6.51. The van der Waals surface area contributed by atoms with Crippen molar-refractivity contribution in [2.45, 2.75) is 44.9 Å². The summed E-state index contributed by atoms with van der Waals surface area (Å²) >= 11 is 3.82. The molecule has 0 unspecified atom stereocenters. The lowest BCUT2D eigenvalue weighted by Crippen LogP contribution is -2.40. The number of hydrogen-bond donors (Lipinski definition) is 1. The van der Waals surface area contributed by atoms with Crippen molar-refractivity contribution < 1.29 is 9.59 Å². The molecule has 2 N–H and O–H groups in total. The summed E-state index contributed by atoms with van der Waals surface area (Å²) < 4.78 is 1.37. The van der Waals surface area contributed by atoms with Crippen LogP contribution in [0, 0.1) is 11.8 Å². The third-order valence-electron chi connectivity index (χ3n) is 4.90. The molecule has 3 aliphatic rings. The van der Waals surface area contributed by atoms with E-state index in [9.17, 15) is 9.59 Å². The number of amides is 2. The fraction of sp³-hybridized carbons (Fsp3) is 0.750. The Kier molecular flexibility index (Phi) is 5.39. The Balaban J connectivity index is 1.68. The van der Waals surface area contributed by atoms with Gasteiger partial charge in [-0.3, -0.25) is 9.59 Å². The molecule has 3 fully saturated rings. The van der Waals surface area contributed by atoms with Crippen LogP contribution in [0.4, 0.5) is 0 Å². The lowest BCUT2D eigenvalue weighted by atomic mass is 9.81. The average Bonchev–Trinajstić information content (AvgIpc) is 3.08. The summed E-state index contributed by atoms with van der Waals surface area (Å²) in [6, 6.07) is 0. The van der Waals surface area contributed by atoms with E-state index in [2.05, 4.69) is 4.90 Å². The van der Waals surface area contributed by atoms with E-state index in [0.717, 1.165) is 56.6 Å². The van der Waals surface area contributed by atoms with Crippen molar-refractivity contribution in [1.29, 1.82) is 0 Å². The van der Waals surface area contributed by atoms with E-state index in [0.29, 0.717) is 5.91 Å². The summed E-state index contributed by atoms with van der Waals surface area (Å²) in [5.74, 6) is 2.47. The summed E-state index contributed by atoms with van der Waals surface area (Å²) in [4.78, 5) is 26.3. The van der Waals surface area contributed by atoms with E-state index < -0.39 is 0 Å². The number of nitrogens with two attached hydrogens (primary N) is 1. The molecule has 0 spiro atoms. The molecule has 0 radical (unpaired) electrons. The predicted octanol–water partition coefficient (Wildman–Crippen LogP) is 2.94. The third kappa shape index (κ3) is 3.48. The highest BCUT2D eigenvalue weighted by molar-refractivity contribution is 8.25. The van der Waals surface area contributed by atoms with Gasteiger partial charge in [-0.2, -0.15) is 0 Å². The lowest BCUT2D eigenvalue weighted by Gasteiger charge is -2.35. The molecule has 4 nitrogen and oxygen atoms in total. The highest BCUT2D eigenvalue weighted by Gasteiger charge is 2.34. The first kappa shape index (κ1) is 16.2. The molecule has 2 aliphatic heterocycles. The van der Waals surface area contributed by atoms with Crippen LogP contribution in [0.2, 0.25) is 0 Å². The van der Waals surface area contributed by atoms with Crippen molar-refractivity contribution in [1.82, 2.24) is 4.90 Å². The van der Waals surface area contributed by atoms with Crippen LogP contribution in [0.1, 0.15) is 44.9 Å². The number of rotatable bonds is 2. The van der Waals surface area contributed by atoms with Gasteiger partial charge in [-0.15, -0.1) is 23.5 Å². The van der Waals surface area contributed by atoms with E-state index in [1.54, 1.807) is 0 Å². The number of nitrogens with zero attached hydrogens (tertiary/aromatic N) is 1. The summed E-state index contributed by atoms with van der Waals surface area (Å²) in [5, 5.41) is 0. The van der Waals surface area contributed by atoms with Gasteiger partial charge >= 0.3 is 0 Å². The van der Waals surface area contributed by atoms with E-state index in [4.69, 9.17) is 5.73 Å². The van der Waals surface area contributed by atoms with Gasteiger partial charge in [0.25, 0.3) is 0 Å². The van der Waals surface area contributed by atoms with Gasteiger partial charge in [0.1, 0.15) is 0 Å². The van der Waals surface area contributed by atoms with E-state index in [1.165, 1.54) is 16.4 Å². The lowest BCUT2D eigenvalue weighted by molar-refractivity contribution is -0.136. The number of hydrogen-bond acceptors (Lipinski definition) is 4. The Bertz CT molecular complexity index is 477. The highest BCUT2D eigenvalue weighted by Crippen LogP contribution is 2.43. The second-order valence-electron chi connectivity index (χ2n) is 6.33. The maximum absolute atomic E-state index is 13.0. The molecule has 2 amide bonds. The van der Waals surface area contributed by atoms with Crippen LogP contribution in [0.3, 0.4) is 0 Å². The molecule has 2 heterocycles. The van der Waals surface area contributed by atoms with Gasteiger partial charge in [0, 0.05) is 35.6 Å². The molecule has 1 saturated carbocycles. The molecule has 0 aromatic heterocycles. The highest BCUT2D eigenvalue weighted by atomic mass is 32.2. The first-order chi connectivity index (χ1) is 10.7. The average molecular weight is 341 g/mol. The zero-order valence-corrected chi connectivity index (χ0v) is 14.5. The van der Waals surface area contributed by atoms with Crippen molar-refractivity contribution in [2.24, 2.45) is 17.6 Å². The van der Waals surface area contributed by atoms with Crippen LogP contribution in [-0.2, 0) is 9.59 Å². The Hall–Kier alpha value is -0.620. The number of piperidine rings is 1. The number of likely N-dealkylation sites (tertiary alicyclic amines) is 1. The smallest absolute Gasteiger partial charge is 0.229 e. The Morgan fingerprint density at radius 1 is 1.00 bits per heavy atom. The first-order valence-electron chi connectivity index (χ1n) is 8.26. The van der Waals surface area contributed by atoms with E-state index in [-0.39, 0.29) is 17.7 Å². The van der Waals surface area contributed by atoms with Crippen molar-refractivity contribution in [3.8, 4) is 0 Å². The second-order valence-corrected chi connectivity index (χ2v) is 8.80. The van der Waals surface area contributed by atoms with Gasteiger partial charge < -0.3 is 10.6 Å². The number of allylic oxidation sites excluding steroid dienone is 1. The summed E-state index contributed by atoms with van der Waals surface area (Å²) in [6.45, 7) is 0.870. The zero-order valence-electron chi connectivity index (χ0n) is 12.9. The number of thioether (sulfide) groups is 2. The fourth-order valence-corrected chi connectivity index (χ4v) is 6.24. The van der Waals surface area contributed by atoms with E-state index in [1.807, 2.05) is 23.5 Å². The number of primary amides is 1. The minimum atomic E-state index is -0.203. The van der Waals surface area contributed by atoms with Crippen LogP contribution in [0.15, 0.2) is 9.93 Å². The maximum Gasteiger partial charge on any atom is 0.229 e. The minimum absolute atomic E-state index is 0.0239. The Morgan fingerprint density at radius 2 is 1.64 bits per heavy atom. The molecule has 1 aliphatic carbocycles. The van der Waals surface area contributed by atoms with Gasteiger partial charge in [0.05, 0.1) is 4.24 Å². The standard InChI is InChI=1S/C16H24N2O2S2/c17-14(19)11-4-6-12(7-5-11)15(20)18-8-2-1-3-13(18)16-21-9-10-22-16/h11-12H,1-10H2,(H2,17,19). The predicted molar refractivity (Wildman–Crippen MR) is 92.1 cm³/mol. The first-order valence-corrected chi connectivity index (χ1v) is 10.2. The van der Waals surface area contributed by atoms with Gasteiger partial charge in [0.2, 0.25) is 11.8 Å². The molecule has 2 saturated heterocycles. The second kappa shape index (κ2) is 7.30. The number of carbonyl (C=O) groups excluding carboxylic acids is 2. The van der Waals surface area contributed by atoms with Crippen molar-refractivity contribution in [2.75, 3.05) is 18.1 Å². The SMILES string of the molecule is NC(=O)C1CCC(C(=O)N2CCCCC2=C2SCCS2)CC1. The monoisotopic (exact) mass is 340 g/mol. The summed E-state index contributed by atoms with van der Waals surface area (Å²) in [5.41, 5.74) is 6.67. The third-order valence-corrected chi connectivity index (χ3v) is 7.68. The Morgan fingerprint density at radius 3 is 2.27 bits per heavy atom. The maximum atomic E-state index is 13.0. The molecule has 0 bridgehead atoms. The normalized spacial score (nSPS) is 29.7. The van der Waals surface area contributed by atoms with Crippen LogP contribution in [0.25, 0.3) is 0 Å². The van der Waals surface area contributed by atoms with Crippen molar-refractivity contribution >= 4 is 35.3 Å². The largest absolute Gasteiger partial charge is 0.369 e. The molecule has 0 aromatic rings. The van der Waals surface area contributed by atoms with Crippen molar-refractivity contribution in [3.63, 3.8) is 0 Å². The molecule has 3 rings (SSSR count). The molecular formula is C16H24N2O2S2. The zero-order chi connectivity index (χ0) is 15.5. The summed E-state index contributed by atoms with van der Waals surface area (Å²) in [7, 11) is 0. The van der Waals surface area contributed by atoms with Gasteiger partial charge in [0.15, 0.2) is 0 Å². The Labute approximate surface area is 140 Å². The van der Waals surface area contributed by atoms with Gasteiger partial charge in [-0.05, 0) is 44.9 Å². The van der Waals surface area contributed by atoms with Gasteiger partial charge in [-0.1, -0.05) is 0 Å². The molecule has 0 atom stereocenters. The van der Waals surface area contributed by atoms with Crippen LogP contribution in [-0.4, -0.2) is 34.8 Å². The van der Waals surface area contributed by atoms with Crippen LogP contribution < -0.4 is 5.73 Å². The minimum Gasteiger partial charge on any atom is -0.369 e. The quantitative estimate of drug-likeness (QED) is 0.839. The van der Waals surface area contributed by atoms with Crippen LogP contribution in [0.5, 0.6) is 0 Å². The number of carbonyl (C=O) groups is 2.